The van der Waals surface area contributed by atoms with Crippen LogP contribution < -0.4 is 0 Å². The fourth-order valence-corrected chi connectivity index (χ4v) is 0.471. The van der Waals surface area contributed by atoms with Gasteiger partial charge < -0.3 is 10.3 Å². The largest absolute Gasteiger partial charge is 0.394 e. The average molecular weight is 197 g/mol. The van der Waals surface area contributed by atoms with Gasteiger partial charge in [-0.15, -0.1) is 15.1 Å². The summed E-state index contributed by atoms with van der Waals surface area (Å²) in [6.45, 7) is 1.92. The van der Waals surface area contributed by atoms with Crippen LogP contribution in [0.3, 0.4) is 0 Å². The van der Waals surface area contributed by atoms with Gasteiger partial charge in [-0.1, -0.05) is 0 Å². The zero-order chi connectivity index (χ0) is 10.9. The predicted octanol–water partition coefficient (Wildman–Crippen LogP) is -0.855. The van der Waals surface area contributed by atoms with E-state index in [1.54, 1.807) is 6.92 Å². The molecule has 0 amide bonds. The van der Waals surface area contributed by atoms with Gasteiger partial charge >= 0.3 is 0 Å². The second-order valence-electron chi connectivity index (χ2n) is 1.75. The highest BCUT2D eigenvalue weighted by molar-refractivity contribution is 4.36. The van der Waals surface area contributed by atoms with Crippen molar-refractivity contribution in [2.24, 2.45) is 0 Å². The Morgan fingerprint density at radius 3 is 1.85 bits per heavy atom. The summed E-state index contributed by atoms with van der Waals surface area (Å²) in [4.78, 5) is 18.3. The molecule has 0 heterocycles. The molecular formula is C4H11N3O6. The molecule has 0 aromatic carbocycles. The van der Waals surface area contributed by atoms with Gasteiger partial charge in [0.25, 0.3) is 5.09 Å². The number of rotatable bonds is 4. The first-order valence-electron chi connectivity index (χ1n) is 3.29. The van der Waals surface area contributed by atoms with Crippen molar-refractivity contribution in [3.8, 4) is 0 Å². The van der Waals surface area contributed by atoms with Crippen molar-refractivity contribution in [3.63, 3.8) is 0 Å². The van der Waals surface area contributed by atoms with Crippen LogP contribution in [0.1, 0.15) is 6.92 Å². The van der Waals surface area contributed by atoms with E-state index in [1.807, 2.05) is 0 Å². The van der Waals surface area contributed by atoms with Crippen molar-refractivity contribution in [2.75, 3.05) is 19.7 Å². The van der Waals surface area contributed by atoms with Gasteiger partial charge in [-0.25, -0.2) is 10.1 Å². The maximum Gasteiger partial charge on any atom is 0.291 e. The van der Waals surface area contributed by atoms with Crippen LogP contribution in [-0.2, 0) is 0 Å². The molecule has 0 atom stereocenters. The summed E-state index contributed by atoms with van der Waals surface area (Å²) in [7, 11) is 0. The van der Waals surface area contributed by atoms with E-state index in [0.717, 1.165) is 5.01 Å². The number of nitrogens with zero attached hydrogens (tertiary/aromatic N) is 3. The molecule has 13 heavy (non-hydrogen) atoms. The minimum Gasteiger partial charge on any atom is -0.394 e. The number of aliphatic hydroxyl groups excluding tert-OH is 1. The Kier molecular flexibility index (Phi) is 9.05. The smallest absolute Gasteiger partial charge is 0.291 e. The maximum absolute atomic E-state index is 9.94. The SMILES string of the molecule is CCN(CCO)[N+](=O)[O-].O=[N+]([O-])O. The maximum atomic E-state index is 9.94. The fraction of sp³-hybridized carbons (Fsp3) is 1.00. The number of hydrogen-bond donors (Lipinski definition) is 2. The lowest BCUT2D eigenvalue weighted by Crippen LogP contribution is -2.32. The van der Waals surface area contributed by atoms with Gasteiger partial charge in [0, 0.05) is 0 Å². The number of nitro groups is 1. The zero-order valence-electron chi connectivity index (χ0n) is 6.99. The molecule has 0 saturated carbocycles. The van der Waals surface area contributed by atoms with Crippen LogP contribution in [0.5, 0.6) is 0 Å². The third-order valence-corrected chi connectivity index (χ3v) is 0.954. The predicted molar refractivity (Wildman–Crippen MR) is 40.1 cm³/mol. The second kappa shape index (κ2) is 8.46. The Labute approximate surface area is 73.4 Å². The third-order valence-electron chi connectivity index (χ3n) is 0.954. The van der Waals surface area contributed by atoms with Gasteiger partial charge in [-0.2, -0.15) is 0 Å². The van der Waals surface area contributed by atoms with E-state index in [4.69, 9.17) is 20.4 Å². The highest BCUT2D eigenvalue weighted by Gasteiger charge is 2.07. The molecule has 78 valence electrons. The van der Waals surface area contributed by atoms with Crippen molar-refractivity contribution in [3.05, 3.63) is 20.2 Å². The number of aliphatic hydroxyl groups is 1. The minimum absolute atomic E-state index is 0.101. The lowest BCUT2D eigenvalue weighted by atomic mass is 10.6. The van der Waals surface area contributed by atoms with E-state index in [-0.39, 0.29) is 13.2 Å². The number of hydrazine groups is 1. The first-order chi connectivity index (χ1) is 5.95. The molecule has 0 aliphatic carbocycles. The Balaban J connectivity index is 0. The van der Waals surface area contributed by atoms with E-state index < -0.39 is 10.1 Å². The van der Waals surface area contributed by atoms with Gasteiger partial charge in [0.2, 0.25) is 0 Å². The third kappa shape index (κ3) is 13.4. The molecule has 9 nitrogen and oxygen atoms in total. The highest BCUT2D eigenvalue weighted by Crippen LogP contribution is 1.84. The summed E-state index contributed by atoms with van der Waals surface area (Å²) >= 11 is 0. The van der Waals surface area contributed by atoms with Crippen molar-refractivity contribution in [1.29, 1.82) is 0 Å². The van der Waals surface area contributed by atoms with E-state index >= 15 is 0 Å². The molecule has 0 spiro atoms. The molecule has 2 N–H and O–H groups in total. The van der Waals surface area contributed by atoms with Gasteiger partial charge in [-0.05, 0) is 6.92 Å². The fourth-order valence-electron chi connectivity index (χ4n) is 0.471. The first-order valence-corrected chi connectivity index (χ1v) is 3.29. The molecule has 0 fully saturated rings. The summed E-state index contributed by atoms with van der Waals surface area (Å²) in [5, 5.41) is 32.3. The quantitative estimate of drug-likeness (QED) is 0.443. The van der Waals surface area contributed by atoms with Crippen LogP contribution in [0.25, 0.3) is 0 Å². The topological polar surface area (TPSA) is 130 Å². The van der Waals surface area contributed by atoms with E-state index in [1.165, 1.54) is 0 Å². The Bertz CT molecular complexity index is 158. The monoisotopic (exact) mass is 197 g/mol. The van der Waals surface area contributed by atoms with E-state index in [9.17, 15) is 10.1 Å². The molecule has 0 rings (SSSR count). The summed E-state index contributed by atoms with van der Waals surface area (Å²) < 4.78 is 0. The van der Waals surface area contributed by atoms with Crippen molar-refractivity contribution in [1.82, 2.24) is 5.01 Å². The molecule has 0 saturated heterocycles. The number of likely N-dealkylation sites (N-methyl/N-ethyl adjacent to an activating group) is 1. The van der Waals surface area contributed by atoms with Crippen LogP contribution in [0, 0.1) is 20.2 Å². The molecule has 0 radical (unpaired) electrons. The van der Waals surface area contributed by atoms with Crippen LogP contribution >= 0.6 is 0 Å². The molecule has 0 unspecified atom stereocenters. The average Bonchev–Trinajstić information content (AvgIpc) is 1.98. The molecule has 0 bridgehead atoms. The molecule has 0 aliphatic rings. The zero-order valence-corrected chi connectivity index (χ0v) is 6.99. The Morgan fingerprint density at radius 1 is 1.38 bits per heavy atom. The highest BCUT2D eigenvalue weighted by atomic mass is 16.9. The summed E-state index contributed by atoms with van der Waals surface area (Å²) in [5.74, 6) is 0. The normalized spacial score (nSPS) is 8.15. The van der Waals surface area contributed by atoms with Crippen LogP contribution in [-0.4, -0.2) is 45.1 Å². The van der Waals surface area contributed by atoms with Crippen molar-refractivity contribution >= 4 is 0 Å². The van der Waals surface area contributed by atoms with Crippen molar-refractivity contribution < 1.29 is 20.4 Å². The summed E-state index contributed by atoms with van der Waals surface area (Å²) in [6.07, 6.45) is 0. The summed E-state index contributed by atoms with van der Waals surface area (Å²) in [5.41, 5.74) is 0. The van der Waals surface area contributed by atoms with Gasteiger partial charge in [0.05, 0.1) is 13.2 Å². The lowest BCUT2D eigenvalue weighted by molar-refractivity contribution is -0.742. The van der Waals surface area contributed by atoms with Crippen LogP contribution in [0.4, 0.5) is 0 Å². The van der Waals surface area contributed by atoms with Gasteiger partial charge in [0.1, 0.15) is 6.54 Å². The summed E-state index contributed by atoms with van der Waals surface area (Å²) in [6, 6.07) is 0. The van der Waals surface area contributed by atoms with Gasteiger partial charge in [0.15, 0.2) is 5.03 Å². The molecule has 0 aliphatic heterocycles. The first kappa shape index (κ1) is 13.9. The van der Waals surface area contributed by atoms with Crippen LogP contribution in [0.15, 0.2) is 0 Å². The molecule has 0 aromatic heterocycles. The van der Waals surface area contributed by atoms with Gasteiger partial charge in [-0.3, -0.25) is 0 Å². The lowest BCUT2D eigenvalue weighted by Gasteiger charge is -2.08. The Hall–Kier alpha value is -1.64. The minimum atomic E-state index is -1.50. The molecular weight excluding hydrogens is 186 g/mol. The molecule has 9 heteroatoms. The molecule has 0 aromatic rings. The van der Waals surface area contributed by atoms with Crippen molar-refractivity contribution in [2.45, 2.75) is 6.92 Å². The second-order valence-corrected chi connectivity index (χ2v) is 1.75. The Morgan fingerprint density at radius 2 is 1.77 bits per heavy atom. The van der Waals surface area contributed by atoms with Crippen LogP contribution in [0.2, 0.25) is 0 Å². The van der Waals surface area contributed by atoms with E-state index in [2.05, 4.69) is 0 Å². The number of hydrogen-bond acceptors (Lipinski definition) is 5. The van der Waals surface area contributed by atoms with E-state index in [0.29, 0.717) is 6.54 Å². The standard InChI is InChI=1S/C4H10N2O3.HNO3/c1-2-5(3-4-7)6(8)9;2-1(3)4/h7H,2-4H2,1H3;(H,2,3,4).